The first-order valence-electron chi connectivity index (χ1n) is 6.73. The molecule has 0 fully saturated rings. The van der Waals surface area contributed by atoms with Crippen LogP contribution in [0.4, 0.5) is 0 Å². The molecule has 0 radical (unpaired) electrons. The highest BCUT2D eigenvalue weighted by atomic mass is 32.1. The van der Waals surface area contributed by atoms with Crippen molar-refractivity contribution in [2.45, 2.75) is 32.9 Å². The van der Waals surface area contributed by atoms with Gasteiger partial charge in [-0.2, -0.15) is 0 Å². The first-order chi connectivity index (χ1) is 9.69. The summed E-state index contributed by atoms with van der Waals surface area (Å²) in [5.41, 5.74) is 3.05. The summed E-state index contributed by atoms with van der Waals surface area (Å²) >= 11 is 1.50. The van der Waals surface area contributed by atoms with Crippen molar-refractivity contribution in [3.05, 3.63) is 46.2 Å². The predicted octanol–water partition coefficient (Wildman–Crippen LogP) is 3.10. The van der Waals surface area contributed by atoms with Crippen molar-refractivity contribution in [3.63, 3.8) is 0 Å². The van der Waals surface area contributed by atoms with E-state index in [1.165, 1.54) is 11.3 Å². The van der Waals surface area contributed by atoms with E-state index < -0.39 is 6.10 Å². The summed E-state index contributed by atoms with van der Waals surface area (Å²) < 4.78 is 2.15. The Kier molecular flexibility index (Phi) is 3.54. The van der Waals surface area contributed by atoms with Crippen molar-refractivity contribution in [1.29, 1.82) is 0 Å². The maximum absolute atomic E-state index is 10.3. The molecule has 1 aromatic carbocycles. The van der Waals surface area contributed by atoms with Gasteiger partial charge in [-0.05, 0) is 26.0 Å². The lowest BCUT2D eigenvalue weighted by molar-refractivity contribution is 0.174. The first-order valence-corrected chi connectivity index (χ1v) is 7.61. The van der Waals surface area contributed by atoms with Gasteiger partial charge in [0.1, 0.15) is 16.9 Å². The number of hydrogen-bond acceptors (Lipinski definition) is 4. The number of benzene rings is 1. The van der Waals surface area contributed by atoms with E-state index in [0.717, 1.165) is 34.1 Å². The van der Waals surface area contributed by atoms with Gasteiger partial charge in [-0.1, -0.05) is 12.1 Å². The minimum absolute atomic E-state index is 0.496. The standard InChI is InChI=1S/C15H17N3OS/c1-3-18-12-7-5-4-6-11(12)17-14(18)8-13(19)15-16-10(2)9-20-15/h4-7,9,13,19H,3,8H2,1-2H3. The first kappa shape index (κ1) is 13.3. The molecule has 3 rings (SSSR count). The zero-order valence-electron chi connectivity index (χ0n) is 11.6. The van der Waals surface area contributed by atoms with Crippen molar-refractivity contribution in [2.75, 3.05) is 0 Å². The molecule has 104 valence electrons. The van der Waals surface area contributed by atoms with Crippen molar-refractivity contribution < 1.29 is 5.11 Å². The fraction of sp³-hybridized carbons (Fsp3) is 0.333. The topological polar surface area (TPSA) is 50.9 Å². The van der Waals surface area contributed by atoms with Crippen LogP contribution in [0.25, 0.3) is 11.0 Å². The minimum Gasteiger partial charge on any atom is -0.385 e. The van der Waals surface area contributed by atoms with Gasteiger partial charge >= 0.3 is 0 Å². The molecule has 0 aliphatic heterocycles. The predicted molar refractivity (Wildman–Crippen MR) is 80.9 cm³/mol. The highest BCUT2D eigenvalue weighted by molar-refractivity contribution is 7.09. The van der Waals surface area contributed by atoms with E-state index in [2.05, 4.69) is 27.5 Å². The lowest BCUT2D eigenvalue weighted by atomic mass is 10.2. The van der Waals surface area contributed by atoms with E-state index >= 15 is 0 Å². The number of aryl methyl sites for hydroxylation is 2. The molecule has 1 N–H and O–H groups in total. The number of nitrogens with zero attached hydrogens (tertiary/aromatic N) is 3. The Balaban J connectivity index is 1.94. The largest absolute Gasteiger partial charge is 0.385 e. The van der Waals surface area contributed by atoms with Gasteiger partial charge in [-0.25, -0.2) is 9.97 Å². The second kappa shape index (κ2) is 5.34. The van der Waals surface area contributed by atoms with Crippen molar-refractivity contribution in [3.8, 4) is 0 Å². The fourth-order valence-electron chi connectivity index (χ4n) is 2.42. The second-order valence-electron chi connectivity index (χ2n) is 4.81. The highest BCUT2D eigenvalue weighted by Gasteiger charge is 2.17. The van der Waals surface area contributed by atoms with Gasteiger partial charge in [0.05, 0.1) is 11.0 Å². The second-order valence-corrected chi connectivity index (χ2v) is 5.70. The normalized spacial score (nSPS) is 12.9. The SMILES string of the molecule is CCn1c(CC(O)c2nc(C)cs2)nc2ccccc21. The van der Waals surface area contributed by atoms with Crippen LogP contribution < -0.4 is 0 Å². The number of rotatable bonds is 4. The van der Waals surface area contributed by atoms with Gasteiger partial charge in [0.2, 0.25) is 0 Å². The van der Waals surface area contributed by atoms with Crippen molar-refractivity contribution >= 4 is 22.4 Å². The van der Waals surface area contributed by atoms with Crippen molar-refractivity contribution in [2.24, 2.45) is 0 Å². The molecule has 2 heterocycles. The Labute approximate surface area is 121 Å². The molecule has 0 aliphatic rings. The Bertz CT molecular complexity index is 732. The summed E-state index contributed by atoms with van der Waals surface area (Å²) in [4.78, 5) is 8.98. The Morgan fingerprint density at radius 1 is 1.30 bits per heavy atom. The molecule has 20 heavy (non-hydrogen) atoms. The highest BCUT2D eigenvalue weighted by Crippen LogP contribution is 2.24. The van der Waals surface area contributed by atoms with E-state index in [-0.39, 0.29) is 0 Å². The number of aromatic nitrogens is 3. The van der Waals surface area contributed by atoms with Crippen LogP contribution in [0.15, 0.2) is 29.6 Å². The molecule has 0 saturated carbocycles. The smallest absolute Gasteiger partial charge is 0.122 e. The Morgan fingerprint density at radius 3 is 2.80 bits per heavy atom. The zero-order chi connectivity index (χ0) is 14.1. The lowest BCUT2D eigenvalue weighted by Crippen LogP contribution is -2.08. The van der Waals surface area contributed by atoms with Gasteiger partial charge < -0.3 is 9.67 Å². The number of aliphatic hydroxyl groups is 1. The summed E-state index contributed by atoms with van der Waals surface area (Å²) in [6.45, 7) is 4.88. The molecule has 5 heteroatoms. The number of imidazole rings is 1. The van der Waals surface area contributed by atoms with Gasteiger partial charge in [-0.15, -0.1) is 11.3 Å². The number of hydrogen-bond donors (Lipinski definition) is 1. The van der Waals surface area contributed by atoms with Crippen molar-refractivity contribution in [1.82, 2.24) is 14.5 Å². The van der Waals surface area contributed by atoms with E-state index in [4.69, 9.17) is 0 Å². The molecule has 3 aromatic rings. The third-order valence-corrected chi connectivity index (χ3v) is 4.41. The molecule has 1 atom stereocenters. The van der Waals surface area contributed by atoms with Crippen LogP contribution in [0.2, 0.25) is 0 Å². The molecule has 0 spiro atoms. The maximum Gasteiger partial charge on any atom is 0.122 e. The average Bonchev–Trinajstić information content (AvgIpc) is 3.01. The van der Waals surface area contributed by atoms with E-state index in [1.807, 2.05) is 30.5 Å². The third-order valence-electron chi connectivity index (χ3n) is 3.35. The lowest BCUT2D eigenvalue weighted by Gasteiger charge is -2.09. The molecule has 1 unspecified atom stereocenters. The number of para-hydroxylation sites is 2. The number of aliphatic hydroxyl groups excluding tert-OH is 1. The quantitative estimate of drug-likeness (QED) is 0.802. The van der Waals surface area contributed by atoms with Crippen LogP contribution in [0.5, 0.6) is 0 Å². The average molecular weight is 287 g/mol. The number of fused-ring (bicyclic) bond motifs is 1. The Morgan fingerprint density at radius 2 is 2.10 bits per heavy atom. The molecule has 0 saturated heterocycles. The summed E-state index contributed by atoms with van der Waals surface area (Å²) in [6, 6.07) is 8.07. The van der Waals surface area contributed by atoms with Crippen LogP contribution in [0.3, 0.4) is 0 Å². The van der Waals surface area contributed by atoms with Crippen LogP contribution in [-0.4, -0.2) is 19.6 Å². The molecule has 0 amide bonds. The molecular formula is C15H17N3OS. The van der Waals surface area contributed by atoms with Gasteiger partial charge in [0, 0.05) is 24.0 Å². The summed E-state index contributed by atoms with van der Waals surface area (Å²) in [6.07, 6.45) is -0.0917. The zero-order valence-corrected chi connectivity index (χ0v) is 12.4. The third kappa shape index (κ3) is 2.34. The summed E-state index contributed by atoms with van der Waals surface area (Å²) in [7, 11) is 0. The minimum atomic E-state index is -0.587. The van der Waals surface area contributed by atoms with E-state index in [0.29, 0.717) is 6.42 Å². The van der Waals surface area contributed by atoms with Gasteiger partial charge in [-0.3, -0.25) is 0 Å². The molecular weight excluding hydrogens is 270 g/mol. The van der Waals surface area contributed by atoms with Crippen LogP contribution in [0, 0.1) is 6.92 Å². The summed E-state index contributed by atoms with van der Waals surface area (Å²) in [5.74, 6) is 0.911. The molecule has 2 aromatic heterocycles. The van der Waals surface area contributed by atoms with Crippen LogP contribution >= 0.6 is 11.3 Å². The van der Waals surface area contributed by atoms with Crippen LogP contribution in [0.1, 0.15) is 29.6 Å². The number of thiazole rings is 1. The molecule has 0 aliphatic carbocycles. The fourth-order valence-corrected chi connectivity index (χ4v) is 3.20. The van der Waals surface area contributed by atoms with E-state index in [9.17, 15) is 5.11 Å². The molecule has 0 bridgehead atoms. The molecule has 4 nitrogen and oxygen atoms in total. The van der Waals surface area contributed by atoms with E-state index in [1.54, 1.807) is 0 Å². The van der Waals surface area contributed by atoms with Crippen LogP contribution in [-0.2, 0) is 13.0 Å². The van der Waals surface area contributed by atoms with Gasteiger partial charge in [0.15, 0.2) is 0 Å². The summed E-state index contributed by atoms with van der Waals surface area (Å²) in [5, 5.41) is 13.0. The Hall–Kier alpha value is -1.72. The van der Waals surface area contributed by atoms with Gasteiger partial charge in [0.25, 0.3) is 0 Å². The monoisotopic (exact) mass is 287 g/mol. The maximum atomic E-state index is 10.3.